The summed E-state index contributed by atoms with van der Waals surface area (Å²) in [5, 5.41) is 13.9. The fourth-order valence-corrected chi connectivity index (χ4v) is 3.74. The van der Waals surface area contributed by atoms with Gasteiger partial charge in [0.2, 0.25) is 5.91 Å². The quantitative estimate of drug-likeness (QED) is 0.439. The summed E-state index contributed by atoms with van der Waals surface area (Å²) in [6.07, 6.45) is 3.76. The zero-order valence-corrected chi connectivity index (χ0v) is 18.4. The van der Waals surface area contributed by atoms with Crippen LogP contribution in [-0.4, -0.2) is 29.0 Å². The lowest BCUT2D eigenvalue weighted by molar-refractivity contribution is -0.118. The third-order valence-electron chi connectivity index (χ3n) is 5.55. The van der Waals surface area contributed by atoms with Crippen LogP contribution in [0.2, 0.25) is 0 Å². The molecule has 0 radical (unpaired) electrons. The number of aromatic nitrogens is 2. The summed E-state index contributed by atoms with van der Waals surface area (Å²) >= 11 is 0. The number of primary amides is 1. The Labute approximate surface area is 191 Å². The molecule has 2 aromatic carbocycles. The van der Waals surface area contributed by atoms with E-state index in [1.807, 2.05) is 55.5 Å². The molecule has 4 aromatic rings. The van der Waals surface area contributed by atoms with E-state index in [0.717, 1.165) is 22.4 Å². The largest absolute Gasteiger partial charge is 0.497 e. The molecule has 1 amide bonds. The minimum Gasteiger partial charge on any atom is -0.497 e. The Hall–Kier alpha value is -4.44. The lowest BCUT2D eigenvalue weighted by Crippen LogP contribution is -2.35. The Morgan fingerprint density at radius 1 is 1.09 bits per heavy atom. The molecule has 2 aromatic heterocycles. The first-order valence-electron chi connectivity index (χ1n) is 10.5. The first kappa shape index (κ1) is 21.8. The molecule has 0 aliphatic rings. The van der Waals surface area contributed by atoms with Crippen molar-refractivity contribution in [1.29, 1.82) is 5.26 Å². The van der Waals surface area contributed by atoms with E-state index in [0.29, 0.717) is 34.3 Å². The van der Waals surface area contributed by atoms with E-state index in [1.54, 1.807) is 25.6 Å². The summed E-state index contributed by atoms with van der Waals surface area (Å²) in [5.41, 5.74) is 10.4. The van der Waals surface area contributed by atoms with Gasteiger partial charge in [0.05, 0.1) is 30.2 Å². The van der Waals surface area contributed by atoms with Crippen molar-refractivity contribution in [2.24, 2.45) is 5.73 Å². The summed E-state index contributed by atoms with van der Waals surface area (Å²) in [6, 6.07) is 19.1. The maximum absolute atomic E-state index is 11.9. The van der Waals surface area contributed by atoms with Gasteiger partial charge >= 0.3 is 0 Å². The van der Waals surface area contributed by atoms with Crippen molar-refractivity contribution in [3.8, 4) is 34.2 Å². The standard InChI is InChI=1S/C26H23N5O2/c1-3-22(26(28)32)30-25-20-12-13-29-15-23(20)31-24(21(25)14-27)18-6-4-16(5-7-18)17-8-10-19(33-2)11-9-17/h4-13,15,22H,3H2,1-2H3,(H2,28,32)(H,30,31)/t22-/m1/s1. The van der Waals surface area contributed by atoms with Crippen LogP contribution in [0.3, 0.4) is 0 Å². The van der Waals surface area contributed by atoms with Crippen LogP contribution in [0, 0.1) is 11.3 Å². The molecule has 0 bridgehead atoms. The number of pyridine rings is 2. The van der Waals surface area contributed by atoms with Crippen molar-refractivity contribution in [3.05, 3.63) is 72.6 Å². The fraction of sp³-hybridized carbons (Fsp3) is 0.154. The number of amides is 1. The number of nitrogens with two attached hydrogens (primary N) is 1. The molecule has 33 heavy (non-hydrogen) atoms. The summed E-state index contributed by atoms with van der Waals surface area (Å²) in [6.45, 7) is 1.86. The predicted octanol–water partition coefficient (Wildman–Crippen LogP) is 4.52. The fourth-order valence-electron chi connectivity index (χ4n) is 3.74. The molecule has 0 aliphatic carbocycles. The highest BCUT2D eigenvalue weighted by atomic mass is 16.5. The van der Waals surface area contributed by atoms with E-state index in [2.05, 4.69) is 16.4 Å². The molecule has 7 nitrogen and oxygen atoms in total. The molecular formula is C26H23N5O2. The number of nitrogens with zero attached hydrogens (tertiary/aromatic N) is 3. The van der Waals surface area contributed by atoms with Crippen molar-refractivity contribution >= 4 is 22.5 Å². The molecule has 0 fully saturated rings. The van der Waals surface area contributed by atoms with E-state index in [1.165, 1.54) is 0 Å². The van der Waals surface area contributed by atoms with E-state index < -0.39 is 11.9 Å². The van der Waals surface area contributed by atoms with Gasteiger partial charge in [-0.3, -0.25) is 9.78 Å². The first-order chi connectivity index (χ1) is 16.0. The van der Waals surface area contributed by atoms with Gasteiger partial charge in [-0.05, 0) is 35.7 Å². The normalized spacial score (nSPS) is 11.5. The zero-order valence-electron chi connectivity index (χ0n) is 18.4. The highest BCUT2D eigenvalue weighted by molar-refractivity contribution is 5.99. The van der Waals surface area contributed by atoms with Gasteiger partial charge in [-0.1, -0.05) is 43.3 Å². The maximum atomic E-state index is 11.9. The topological polar surface area (TPSA) is 114 Å². The van der Waals surface area contributed by atoms with E-state index in [9.17, 15) is 10.1 Å². The lowest BCUT2D eigenvalue weighted by atomic mass is 9.98. The van der Waals surface area contributed by atoms with Gasteiger partial charge in [-0.25, -0.2) is 4.98 Å². The summed E-state index contributed by atoms with van der Waals surface area (Å²) in [7, 11) is 1.64. The van der Waals surface area contributed by atoms with Gasteiger partial charge in [0.15, 0.2) is 0 Å². The van der Waals surface area contributed by atoms with E-state index in [-0.39, 0.29) is 0 Å². The monoisotopic (exact) mass is 437 g/mol. The van der Waals surface area contributed by atoms with Gasteiger partial charge in [0, 0.05) is 17.1 Å². The molecule has 0 unspecified atom stereocenters. The molecule has 0 saturated heterocycles. The highest BCUT2D eigenvalue weighted by Gasteiger charge is 2.21. The number of anilines is 1. The smallest absolute Gasteiger partial charge is 0.239 e. The van der Waals surface area contributed by atoms with E-state index >= 15 is 0 Å². The molecular weight excluding hydrogens is 414 g/mol. The van der Waals surface area contributed by atoms with Crippen LogP contribution in [0.1, 0.15) is 18.9 Å². The Bertz CT molecular complexity index is 1340. The second-order valence-corrected chi connectivity index (χ2v) is 7.53. The first-order valence-corrected chi connectivity index (χ1v) is 10.5. The average Bonchev–Trinajstić information content (AvgIpc) is 2.86. The molecule has 0 aliphatic heterocycles. The SMILES string of the molecule is CC[C@@H](Nc1c(C#N)c(-c2ccc(-c3ccc(OC)cc3)cc2)nc2cnccc12)C(N)=O. The predicted molar refractivity (Wildman–Crippen MR) is 129 cm³/mol. The molecule has 7 heteroatoms. The number of ether oxygens (including phenoxy) is 1. The molecule has 3 N–H and O–H groups in total. The number of carbonyl (C=O) groups excluding carboxylic acids is 1. The van der Waals surface area contributed by atoms with Gasteiger partial charge in [0.1, 0.15) is 23.4 Å². The number of hydrogen-bond donors (Lipinski definition) is 2. The van der Waals surface area contributed by atoms with Crippen LogP contribution < -0.4 is 15.8 Å². The van der Waals surface area contributed by atoms with Crippen molar-refractivity contribution in [1.82, 2.24) is 9.97 Å². The van der Waals surface area contributed by atoms with Gasteiger partial charge in [-0.2, -0.15) is 5.26 Å². The second-order valence-electron chi connectivity index (χ2n) is 7.53. The maximum Gasteiger partial charge on any atom is 0.239 e. The number of hydrogen-bond acceptors (Lipinski definition) is 6. The molecule has 0 spiro atoms. The molecule has 164 valence electrons. The third-order valence-corrected chi connectivity index (χ3v) is 5.55. The molecule has 1 atom stereocenters. The zero-order chi connectivity index (χ0) is 23.4. The van der Waals surface area contributed by atoms with Crippen LogP contribution in [0.5, 0.6) is 5.75 Å². The van der Waals surface area contributed by atoms with Gasteiger partial charge in [-0.15, -0.1) is 0 Å². The Morgan fingerprint density at radius 3 is 2.30 bits per heavy atom. The van der Waals surface area contributed by atoms with Crippen LogP contribution in [0.4, 0.5) is 5.69 Å². The lowest BCUT2D eigenvalue weighted by Gasteiger charge is -2.19. The van der Waals surface area contributed by atoms with Crippen molar-refractivity contribution in [2.75, 3.05) is 12.4 Å². The minimum absolute atomic E-state index is 0.352. The van der Waals surface area contributed by atoms with Crippen LogP contribution in [0.15, 0.2) is 67.0 Å². The minimum atomic E-state index is -0.610. The number of nitriles is 1. The Kier molecular flexibility index (Phi) is 6.18. The van der Waals surface area contributed by atoms with Crippen LogP contribution in [0.25, 0.3) is 33.3 Å². The van der Waals surface area contributed by atoms with Crippen molar-refractivity contribution in [2.45, 2.75) is 19.4 Å². The Morgan fingerprint density at radius 2 is 1.73 bits per heavy atom. The summed E-state index contributed by atoms with van der Waals surface area (Å²) in [5.74, 6) is 0.315. The van der Waals surface area contributed by atoms with Gasteiger partial charge < -0.3 is 15.8 Å². The van der Waals surface area contributed by atoms with Crippen LogP contribution >= 0.6 is 0 Å². The molecule has 4 rings (SSSR count). The summed E-state index contributed by atoms with van der Waals surface area (Å²) in [4.78, 5) is 20.8. The van der Waals surface area contributed by atoms with Gasteiger partial charge in [0.25, 0.3) is 0 Å². The number of benzene rings is 2. The number of carbonyl (C=O) groups is 1. The molecule has 2 heterocycles. The van der Waals surface area contributed by atoms with Crippen molar-refractivity contribution in [3.63, 3.8) is 0 Å². The third kappa shape index (κ3) is 4.32. The summed E-state index contributed by atoms with van der Waals surface area (Å²) < 4.78 is 5.23. The number of rotatable bonds is 7. The Balaban J connectivity index is 1.81. The van der Waals surface area contributed by atoms with Crippen molar-refractivity contribution < 1.29 is 9.53 Å². The second kappa shape index (κ2) is 9.37. The average molecular weight is 438 g/mol. The van der Waals surface area contributed by atoms with E-state index in [4.69, 9.17) is 15.5 Å². The number of fused-ring (bicyclic) bond motifs is 1. The number of nitrogens with one attached hydrogen (secondary N) is 1. The van der Waals surface area contributed by atoms with Crippen LogP contribution in [-0.2, 0) is 4.79 Å². The highest BCUT2D eigenvalue weighted by Crippen LogP contribution is 2.34. The molecule has 0 saturated carbocycles. The number of methoxy groups -OCH3 is 1.